The fourth-order valence-corrected chi connectivity index (χ4v) is 2.92. The Morgan fingerprint density at radius 1 is 1.20 bits per heavy atom. The van der Waals surface area contributed by atoms with Gasteiger partial charge in [-0.1, -0.05) is 18.5 Å². The molecule has 128 valence electrons. The van der Waals surface area contributed by atoms with E-state index in [2.05, 4.69) is 0 Å². The third-order valence-electron chi connectivity index (χ3n) is 3.90. The Labute approximate surface area is 146 Å². The normalized spacial score (nSPS) is 11.0. The average Bonchev–Trinajstić information content (AvgIpc) is 2.56. The molecule has 2 aromatic heterocycles. The van der Waals surface area contributed by atoms with Gasteiger partial charge in [0, 0.05) is 28.6 Å². The maximum atomic E-state index is 12.0. The smallest absolute Gasteiger partial charge is 0.336 e. The summed E-state index contributed by atoms with van der Waals surface area (Å²) in [5.41, 5.74) is 0.509. The van der Waals surface area contributed by atoms with Gasteiger partial charge in [-0.05, 0) is 29.7 Å². The monoisotopic (exact) mass is 360 g/mol. The molecule has 0 aliphatic rings. The standard InChI is InChI=1S/C17H13ClN2O5/c1-2-10-5-15-13(7-14(10)18)11(6-17(22)25-15)8-19-9-12(20(23)24)3-4-16(19)21/h3-7,9H,2,8H2,1H3. The fraction of sp³-hybridized carbons (Fsp3) is 0.176. The summed E-state index contributed by atoms with van der Waals surface area (Å²) in [4.78, 5) is 34.2. The zero-order valence-corrected chi connectivity index (χ0v) is 13.9. The molecule has 7 nitrogen and oxygen atoms in total. The van der Waals surface area contributed by atoms with Crippen LogP contribution in [0.5, 0.6) is 0 Å². The highest BCUT2D eigenvalue weighted by Gasteiger charge is 2.13. The molecule has 0 spiro atoms. The van der Waals surface area contributed by atoms with Gasteiger partial charge in [0.1, 0.15) is 5.58 Å². The maximum Gasteiger partial charge on any atom is 0.336 e. The largest absolute Gasteiger partial charge is 0.423 e. The third-order valence-corrected chi connectivity index (χ3v) is 4.25. The first-order valence-electron chi connectivity index (χ1n) is 7.49. The van der Waals surface area contributed by atoms with Crippen molar-refractivity contribution < 1.29 is 9.34 Å². The lowest BCUT2D eigenvalue weighted by Crippen LogP contribution is -2.20. The van der Waals surface area contributed by atoms with Gasteiger partial charge in [-0.15, -0.1) is 0 Å². The quantitative estimate of drug-likeness (QED) is 0.404. The Morgan fingerprint density at radius 3 is 2.64 bits per heavy atom. The van der Waals surface area contributed by atoms with E-state index in [1.54, 1.807) is 12.1 Å². The predicted octanol–water partition coefficient (Wildman–Crippen LogP) is 3.13. The number of aromatic nitrogens is 1. The molecule has 0 unspecified atom stereocenters. The lowest BCUT2D eigenvalue weighted by atomic mass is 10.1. The van der Waals surface area contributed by atoms with Crippen molar-refractivity contribution in [1.29, 1.82) is 0 Å². The van der Waals surface area contributed by atoms with Gasteiger partial charge in [0.05, 0.1) is 17.7 Å². The number of aryl methyl sites for hydroxylation is 1. The van der Waals surface area contributed by atoms with E-state index in [0.717, 1.165) is 23.9 Å². The number of nitro groups is 1. The second-order valence-corrected chi connectivity index (χ2v) is 5.90. The molecular weight excluding hydrogens is 348 g/mol. The molecule has 0 saturated heterocycles. The summed E-state index contributed by atoms with van der Waals surface area (Å²) in [5, 5.41) is 12.0. The number of fused-ring (bicyclic) bond motifs is 1. The van der Waals surface area contributed by atoms with Crippen molar-refractivity contribution in [2.24, 2.45) is 0 Å². The molecule has 3 aromatic rings. The SMILES string of the molecule is CCc1cc2oc(=O)cc(Cn3cc([N+](=O)[O-])ccc3=O)c2cc1Cl. The summed E-state index contributed by atoms with van der Waals surface area (Å²) in [6.45, 7) is 1.92. The van der Waals surface area contributed by atoms with Crippen LogP contribution >= 0.6 is 11.6 Å². The van der Waals surface area contributed by atoms with Crippen LogP contribution in [0.1, 0.15) is 18.1 Å². The minimum atomic E-state index is -0.586. The van der Waals surface area contributed by atoms with Crippen molar-refractivity contribution in [3.05, 3.63) is 83.6 Å². The van der Waals surface area contributed by atoms with Crippen LogP contribution < -0.4 is 11.2 Å². The first kappa shape index (κ1) is 16.9. The van der Waals surface area contributed by atoms with Gasteiger partial charge in [-0.3, -0.25) is 14.9 Å². The number of benzene rings is 1. The second kappa shape index (κ2) is 6.52. The van der Waals surface area contributed by atoms with Crippen LogP contribution in [0.3, 0.4) is 0 Å². The zero-order chi connectivity index (χ0) is 18.1. The molecule has 0 saturated carbocycles. The Bertz CT molecular complexity index is 1100. The Balaban J connectivity index is 2.18. The van der Waals surface area contributed by atoms with Crippen LogP contribution in [0.15, 0.2) is 50.5 Å². The van der Waals surface area contributed by atoms with Crippen molar-refractivity contribution >= 4 is 28.3 Å². The lowest BCUT2D eigenvalue weighted by molar-refractivity contribution is -0.385. The molecule has 0 aliphatic heterocycles. The molecule has 0 N–H and O–H groups in total. The number of hydrogen-bond acceptors (Lipinski definition) is 5. The molecule has 0 aliphatic carbocycles. The maximum absolute atomic E-state index is 12.0. The first-order valence-corrected chi connectivity index (χ1v) is 7.87. The van der Waals surface area contributed by atoms with E-state index in [9.17, 15) is 19.7 Å². The molecule has 1 aromatic carbocycles. The highest BCUT2D eigenvalue weighted by molar-refractivity contribution is 6.32. The van der Waals surface area contributed by atoms with Gasteiger partial charge >= 0.3 is 5.63 Å². The van der Waals surface area contributed by atoms with Crippen LogP contribution in [-0.2, 0) is 13.0 Å². The summed E-state index contributed by atoms with van der Waals surface area (Å²) in [5.74, 6) is 0. The number of nitrogens with zero attached hydrogens (tertiary/aromatic N) is 2. The molecule has 0 bridgehead atoms. The zero-order valence-electron chi connectivity index (χ0n) is 13.2. The van der Waals surface area contributed by atoms with Crippen LogP contribution in [0.4, 0.5) is 5.69 Å². The second-order valence-electron chi connectivity index (χ2n) is 5.49. The van der Waals surface area contributed by atoms with Crippen molar-refractivity contribution in [3.63, 3.8) is 0 Å². The lowest BCUT2D eigenvalue weighted by Gasteiger charge is -2.10. The van der Waals surface area contributed by atoms with Crippen LogP contribution in [0.2, 0.25) is 5.02 Å². The van der Waals surface area contributed by atoms with Gasteiger partial charge < -0.3 is 8.98 Å². The number of hydrogen-bond donors (Lipinski definition) is 0. The van der Waals surface area contributed by atoms with Gasteiger partial charge in [-0.2, -0.15) is 0 Å². The summed E-state index contributed by atoms with van der Waals surface area (Å²) in [6.07, 6.45) is 1.82. The molecule has 0 atom stereocenters. The number of pyridine rings is 1. The van der Waals surface area contributed by atoms with Crippen LogP contribution in [0, 0.1) is 10.1 Å². The van der Waals surface area contributed by atoms with Crippen LogP contribution in [0.25, 0.3) is 11.0 Å². The fourth-order valence-electron chi connectivity index (χ4n) is 2.62. The van der Waals surface area contributed by atoms with Gasteiger partial charge in [-0.25, -0.2) is 4.79 Å². The first-order chi connectivity index (χ1) is 11.9. The molecule has 25 heavy (non-hydrogen) atoms. The van der Waals surface area contributed by atoms with E-state index in [0.29, 0.717) is 28.0 Å². The molecule has 8 heteroatoms. The van der Waals surface area contributed by atoms with Gasteiger partial charge in [0.15, 0.2) is 0 Å². The average molecular weight is 361 g/mol. The van der Waals surface area contributed by atoms with Crippen molar-refractivity contribution in [2.75, 3.05) is 0 Å². The van der Waals surface area contributed by atoms with E-state index in [1.165, 1.54) is 10.6 Å². The third kappa shape index (κ3) is 3.32. The molecule has 3 rings (SSSR count). The molecular formula is C17H13ClN2O5. The highest BCUT2D eigenvalue weighted by Crippen LogP contribution is 2.26. The Kier molecular flexibility index (Phi) is 4.41. The molecule has 0 amide bonds. The Hall–Kier alpha value is -2.93. The van der Waals surface area contributed by atoms with Gasteiger partial charge in [0.2, 0.25) is 0 Å². The molecule has 0 fully saturated rings. The highest BCUT2D eigenvalue weighted by atomic mass is 35.5. The van der Waals surface area contributed by atoms with Crippen molar-refractivity contribution in [3.8, 4) is 0 Å². The van der Waals surface area contributed by atoms with Crippen molar-refractivity contribution in [2.45, 2.75) is 19.9 Å². The van der Waals surface area contributed by atoms with E-state index >= 15 is 0 Å². The van der Waals surface area contributed by atoms with Gasteiger partial charge in [0.25, 0.3) is 11.2 Å². The van der Waals surface area contributed by atoms with Crippen molar-refractivity contribution in [1.82, 2.24) is 4.57 Å². The minimum absolute atomic E-state index is 0.00951. The van der Waals surface area contributed by atoms with E-state index in [4.69, 9.17) is 16.0 Å². The number of rotatable bonds is 4. The van der Waals surface area contributed by atoms with E-state index in [-0.39, 0.29) is 12.2 Å². The number of halogens is 1. The summed E-state index contributed by atoms with van der Waals surface area (Å²) < 4.78 is 6.39. The van der Waals surface area contributed by atoms with E-state index in [1.807, 2.05) is 6.92 Å². The topological polar surface area (TPSA) is 95.3 Å². The summed E-state index contributed by atoms with van der Waals surface area (Å²) in [6, 6.07) is 6.89. The van der Waals surface area contributed by atoms with E-state index < -0.39 is 16.1 Å². The summed E-state index contributed by atoms with van der Waals surface area (Å²) in [7, 11) is 0. The summed E-state index contributed by atoms with van der Waals surface area (Å²) >= 11 is 6.24. The Morgan fingerprint density at radius 2 is 1.96 bits per heavy atom. The minimum Gasteiger partial charge on any atom is -0.423 e. The van der Waals surface area contributed by atoms with Crippen LogP contribution in [-0.4, -0.2) is 9.49 Å². The molecule has 2 heterocycles. The predicted molar refractivity (Wildman–Crippen MR) is 93.3 cm³/mol. The molecule has 0 radical (unpaired) electrons.